The van der Waals surface area contributed by atoms with Gasteiger partial charge in [0.2, 0.25) is 0 Å². The zero-order chi connectivity index (χ0) is 11.1. The standard InChI is InChI=1S/C11H12Cl2O2/c1-11(5-15-6-11)7-3-4-8(14-2)10(13)9(7)12/h3-4H,5-6H2,1-2H3. The minimum atomic E-state index is -0.00695. The molecule has 0 saturated carbocycles. The summed E-state index contributed by atoms with van der Waals surface area (Å²) in [6, 6.07) is 3.79. The number of benzene rings is 1. The molecule has 0 atom stereocenters. The van der Waals surface area contributed by atoms with Crippen LogP contribution in [0, 0.1) is 0 Å². The Morgan fingerprint density at radius 1 is 1.27 bits per heavy atom. The zero-order valence-corrected chi connectivity index (χ0v) is 10.2. The van der Waals surface area contributed by atoms with Crippen LogP contribution in [0.15, 0.2) is 12.1 Å². The van der Waals surface area contributed by atoms with Crippen LogP contribution in [0.1, 0.15) is 12.5 Å². The molecule has 0 N–H and O–H groups in total. The average Bonchev–Trinajstić information content (AvgIpc) is 2.19. The van der Waals surface area contributed by atoms with Crippen molar-refractivity contribution < 1.29 is 9.47 Å². The van der Waals surface area contributed by atoms with Gasteiger partial charge in [-0.25, -0.2) is 0 Å². The molecule has 1 aliphatic rings. The topological polar surface area (TPSA) is 18.5 Å². The third kappa shape index (κ3) is 1.71. The van der Waals surface area contributed by atoms with Gasteiger partial charge in [-0.15, -0.1) is 0 Å². The van der Waals surface area contributed by atoms with Crippen LogP contribution >= 0.6 is 23.2 Å². The smallest absolute Gasteiger partial charge is 0.138 e. The Balaban J connectivity index is 2.46. The van der Waals surface area contributed by atoms with Crippen molar-refractivity contribution in [2.75, 3.05) is 20.3 Å². The van der Waals surface area contributed by atoms with E-state index in [9.17, 15) is 0 Å². The summed E-state index contributed by atoms with van der Waals surface area (Å²) in [6.45, 7) is 3.49. The van der Waals surface area contributed by atoms with Gasteiger partial charge in [-0.3, -0.25) is 0 Å². The Hall–Kier alpha value is -0.440. The largest absolute Gasteiger partial charge is 0.495 e. The van der Waals surface area contributed by atoms with Crippen molar-refractivity contribution in [2.45, 2.75) is 12.3 Å². The van der Waals surface area contributed by atoms with Crippen LogP contribution in [0.5, 0.6) is 5.75 Å². The Morgan fingerprint density at radius 3 is 2.40 bits per heavy atom. The third-order valence-corrected chi connectivity index (χ3v) is 3.62. The fraction of sp³-hybridized carbons (Fsp3) is 0.455. The summed E-state index contributed by atoms with van der Waals surface area (Å²) in [5, 5.41) is 1.05. The Morgan fingerprint density at radius 2 is 1.93 bits per heavy atom. The summed E-state index contributed by atoms with van der Waals surface area (Å²) >= 11 is 12.3. The van der Waals surface area contributed by atoms with Gasteiger partial charge in [0.25, 0.3) is 0 Å². The molecule has 82 valence electrons. The molecule has 0 unspecified atom stereocenters. The summed E-state index contributed by atoms with van der Waals surface area (Å²) in [4.78, 5) is 0. The molecule has 0 bridgehead atoms. The van der Waals surface area contributed by atoms with Gasteiger partial charge in [-0.2, -0.15) is 0 Å². The maximum atomic E-state index is 6.21. The second-order valence-corrected chi connectivity index (χ2v) is 4.75. The normalized spacial score (nSPS) is 18.4. The van der Waals surface area contributed by atoms with E-state index in [2.05, 4.69) is 6.92 Å². The monoisotopic (exact) mass is 246 g/mol. The van der Waals surface area contributed by atoms with Crippen LogP contribution in [-0.2, 0) is 10.2 Å². The molecule has 0 aliphatic carbocycles. The first kappa shape index (κ1) is 11.1. The minimum absolute atomic E-state index is 0.00695. The van der Waals surface area contributed by atoms with Crippen LogP contribution in [-0.4, -0.2) is 20.3 Å². The van der Waals surface area contributed by atoms with Gasteiger partial charge in [-0.1, -0.05) is 36.2 Å². The van der Waals surface area contributed by atoms with E-state index in [4.69, 9.17) is 32.7 Å². The van der Waals surface area contributed by atoms with Gasteiger partial charge < -0.3 is 9.47 Å². The van der Waals surface area contributed by atoms with Gasteiger partial charge in [0.05, 0.1) is 25.3 Å². The second-order valence-electron chi connectivity index (χ2n) is 4.00. The van der Waals surface area contributed by atoms with E-state index >= 15 is 0 Å². The molecule has 2 rings (SSSR count). The number of methoxy groups -OCH3 is 1. The second kappa shape index (κ2) is 3.85. The van der Waals surface area contributed by atoms with Crippen molar-refractivity contribution in [2.24, 2.45) is 0 Å². The summed E-state index contributed by atoms with van der Waals surface area (Å²) in [5.74, 6) is 0.606. The van der Waals surface area contributed by atoms with Crippen LogP contribution < -0.4 is 4.74 Å². The van der Waals surface area contributed by atoms with Gasteiger partial charge in [0.15, 0.2) is 0 Å². The molecule has 0 spiro atoms. The van der Waals surface area contributed by atoms with E-state index in [0.29, 0.717) is 29.0 Å². The minimum Gasteiger partial charge on any atom is -0.495 e. The van der Waals surface area contributed by atoms with Gasteiger partial charge in [-0.05, 0) is 11.6 Å². The molecular weight excluding hydrogens is 235 g/mol. The Bertz CT molecular complexity index is 386. The fourth-order valence-electron chi connectivity index (χ4n) is 1.72. The number of hydrogen-bond donors (Lipinski definition) is 0. The molecule has 15 heavy (non-hydrogen) atoms. The maximum Gasteiger partial charge on any atom is 0.138 e. The van der Waals surface area contributed by atoms with Crippen molar-refractivity contribution >= 4 is 23.2 Å². The highest BCUT2D eigenvalue weighted by Gasteiger charge is 2.37. The molecule has 2 nitrogen and oxygen atoms in total. The van der Waals surface area contributed by atoms with E-state index in [1.165, 1.54) is 0 Å². The highest BCUT2D eigenvalue weighted by molar-refractivity contribution is 6.43. The molecular formula is C11H12Cl2O2. The van der Waals surface area contributed by atoms with E-state index in [0.717, 1.165) is 5.56 Å². The van der Waals surface area contributed by atoms with Crippen LogP contribution in [0.4, 0.5) is 0 Å². The van der Waals surface area contributed by atoms with Gasteiger partial charge >= 0.3 is 0 Å². The number of halogens is 2. The lowest BCUT2D eigenvalue weighted by Gasteiger charge is -2.39. The average molecular weight is 247 g/mol. The van der Waals surface area contributed by atoms with E-state index in [1.807, 2.05) is 12.1 Å². The third-order valence-electron chi connectivity index (χ3n) is 2.76. The summed E-state index contributed by atoms with van der Waals surface area (Å²) < 4.78 is 10.3. The molecule has 4 heteroatoms. The van der Waals surface area contributed by atoms with Gasteiger partial charge in [0, 0.05) is 5.41 Å². The summed E-state index contributed by atoms with van der Waals surface area (Å²) in [5.41, 5.74) is 1.02. The first-order chi connectivity index (χ1) is 7.08. The lowest BCUT2D eigenvalue weighted by atomic mass is 9.81. The van der Waals surface area contributed by atoms with Crippen LogP contribution in [0.2, 0.25) is 10.0 Å². The van der Waals surface area contributed by atoms with Crippen LogP contribution in [0.3, 0.4) is 0 Å². The quantitative estimate of drug-likeness (QED) is 0.798. The summed E-state index contributed by atoms with van der Waals surface area (Å²) in [7, 11) is 1.57. The first-order valence-electron chi connectivity index (χ1n) is 4.69. The number of hydrogen-bond acceptors (Lipinski definition) is 2. The van der Waals surface area contributed by atoms with E-state index in [-0.39, 0.29) is 5.41 Å². The molecule has 1 aliphatic heterocycles. The molecule has 0 amide bonds. The van der Waals surface area contributed by atoms with Crippen molar-refractivity contribution in [3.05, 3.63) is 27.7 Å². The van der Waals surface area contributed by atoms with Crippen molar-refractivity contribution in [1.82, 2.24) is 0 Å². The van der Waals surface area contributed by atoms with E-state index in [1.54, 1.807) is 7.11 Å². The van der Waals surface area contributed by atoms with Gasteiger partial charge in [0.1, 0.15) is 10.8 Å². The Labute approximate surface area is 99.1 Å². The fourth-order valence-corrected chi connectivity index (χ4v) is 2.35. The van der Waals surface area contributed by atoms with Crippen molar-refractivity contribution in [3.8, 4) is 5.75 Å². The number of rotatable bonds is 2. The SMILES string of the molecule is COc1ccc(C2(C)COC2)c(Cl)c1Cl. The molecule has 1 aromatic carbocycles. The van der Waals surface area contributed by atoms with Crippen molar-refractivity contribution in [3.63, 3.8) is 0 Å². The lowest BCUT2D eigenvalue weighted by Crippen LogP contribution is -2.44. The predicted octanol–water partition coefficient (Wildman–Crippen LogP) is 3.29. The predicted molar refractivity (Wildman–Crippen MR) is 61.2 cm³/mol. The maximum absolute atomic E-state index is 6.21. The van der Waals surface area contributed by atoms with Crippen LogP contribution in [0.25, 0.3) is 0 Å². The molecule has 1 aromatic rings. The van der Waals surface area contributed by atoms with Crippen molar-refractivity contribution in [1.29, 1.82) is 0 Å². The number of ether oxygens (including phenoxy) is 2. The summed E-state index contributed by atoms with van der Waals surface area (Å²) in [6.07, 6.45) is 0. The zero-order valence-electron chi connectivity index (χ0n) is 8.64. The highest BCUT2D eigenvalue weighted by Crippen LogP contribution is 2.42. The molecule has 0 aromatic heterocycles. The highest BCUT2D eigenvalue weighted by atomic mass is 35.5. The molecule has 0 radical (unpaired) electrons. The molecule has 1 heterocycles. The van der Waals surface area contributed by atoms with E-state index < -0.39 is 0 Å². The lowest BCUT2D eigenvalue weighted by molar-refractivity contribution is -0.0499. The first-order valence-corrected chi connectivity index (χ1v) is 5.44. The molecule has 1 saturated heterocycles. The Kier molecular flexibility index (Phi) is 2.84. The molecule has 1 fully saturated rings.